The average Bonchev–Trinajstić information content (AvgIpc) is 2.92. The van der Waals surface area contributed by atoms with Crippen LogP contribution in [0.25, 0.3) is 0 Å². The fraction of sp³-hybridized carbons (Fsp3) is 0.692. The highest BCUT2D eigenvalue weighted by atomic mass is 32.2. The van der Waals surface area contributed by atoms with Crippen molar-refractivity contribution in [2.24, 2.45) is 0 Å². The van der Waals surface area contributed by atoms with Gasteiger partial charge in [-0.3, -0.25) is 4.90 Å². The molecule has 1 aliphatic rings. The molecule has 2 rings (SSSR count). The molecule has 2 heterocycles. The largest absolute Gasteiger partial charge is 0.308 e. The number of rotatable bonds is 6. The third-order valence-electron chi connectivity index (χ3n) is 3.65. The molecule has 1 N–H and O–H groups in total. The molecular weight excluding hydrogens is 294 g/mol. The molecule has 0 aromatic carbocycles. The molecule has 1 fully saturated rings. The molecule has 1 atom stereocenters. The lowest BCUT2D eigenvalue weighted by molar-refractivity contribution is 0.188. The zero-order valence-corrected chi connectivity index (χ0v) is 13.7. The summed E-state index contributed by atoms with van der Waals surface area (Å²) in [6.45, 7) is 6.93. The molecule has 1 saturated heterocycles. The number of piperazine rings is 1. The first-order chi connectivity index (χ1) is 9.47. The third-order valence-corrected chi connectivity index (χ3v) is 6.01. The summed E-state index contributed by atoms with van der Waals surface area (Å²) in [6.07, 6.45) is 1.28. The van der Waals surface area contributed by atoms with Crippen LogP contribution in [-0.4, -0.2) is 63.1 Å². The predicted octanol–water partition coefficient (Wildman–Crippen LogP) is 0.976. The zero-order chi connectivity index (χ0) is 14.6. The smallest absolute Gasteiger partial charge is 0.211 e. The molecule has 0 radical (unpaired) electrons. The van der Waals surface area contributed by atoms with Gasteiger partial charge in [-0.2, -0.15) is 4.31 Å². The lowest BCUT2D eigenvalue weighted by atomic mass is 10.2. The van der Waals surface area contributed by atoms with Gasteiger partial charge in [0.05, 0.1) is 6.26 Å². The molecule has 0 amide bonds. The Bertz CT molecular complexity index is 494. The Morgan fingerprint density at radius 2 is 2.05 bits per heavy atom. The van der Waals surface area contributed by atoms with Gasteiger partial charge in [0.25, 0.3) is 0 Å². The van der Waals surface area contributed by atoms with Crippen molar-refractivity contribution in [3.8, 4) is 0 Å². The van der Waals surface area contributed by atoms with Gasteiger partial charge < -0.3 is 5.32 Å². The van der Waals surface area contributed by atoms with Gasteiger partial charge in [0.1, 0.15) is 0 Å². The third kappa shape index (κ3) is 4.53. The Morgan fingerprint density at radius 1 is 1.35 bits per heavy atom. The molecule has 0 aliphatic carbocycles. The van der Waals surface area contributed by atoms with E-state index in [4.69, 9.17) is 0 Å². The molecule has 1 aromatic rings. The van der Waals surface area contributed by atoms with E-state index in [1.165, 1.54) is 11.1 Å². The van der Waals surface area contributed by atoms with E-state index in [1.54, 1.807) is 15.6 Å². The number of sulfonamides is 1. The van der Waals surface area contributed by atoms with Crippen molar-refractivity contribution >= 4 is 21.4 Å². The van der Waals surface area contributed by atoms with Crippen molar-refractivity contribution < 1.29 is 8.42 Å². The predicted molar refractivity (Wildman–Crippen MR) is 83.6 cm³/mol. The summed E-state index contributed by atoms with van der Waals surface area (Å²) in [5, 5.41) is 5.61. The summed E-state index contributed by atoms with van der Waals surface area (Å²) in [6, 6.07) is 4.60. The van der Waals surface area contributed by atoms with Gasteiger partial charge in [0.2, 0.25) is 10.0 Å². The molecule has 0 saturated carbocycles. The van der Waals surface area contributed by atoms with Crippen LogP contribution in [0, 0.1) is 0 Å². The summed E-state index contributed by atoms with van der Waals surface area (Å²) < 4.78 is 24.4. The maximum atomic E-state index is 11.4. The van der Waals surface area contributed by atoms with Crippen LogP contribution in [0.1, 0.15) is 17.8 Å². The van der Waals surface area contributed by atoms with Crippen LogP contribution in [0.5, 0.6) is 0 Å². The van der Waals surface area contributed by atoms with Gasteiger partial charge in [-0.05, 0) is 18.4 Å². The summed E-state index contributed by atoms with van der Waals surface area (Å²) in [5.74, 6) is 0. The summed E-state index contributed by atoms with van der Waals surface area (Å²) >= 11 is 1.77. The van der Waals surface area contributed by atoms with E-state index < -0.39 is 10.0 Å². The van der Waals surface area contributed by atoms with Gasteiger partial charge >= 0.3 is 0 Å². The quantitative estimate of drug-likeness (QED) is 0.850. The van der Waals surface area contributed by atoms with Crippen molar-refractivity contribution in [3.63, 3.8) is 0 Å². The normalized spacial score (nSPS) is 20.1. The molecule has 0 spiro atoms. The molecule has 7 heteroatoms. The highest BCUT2D eigenvalue weighted by Crippen LogP contribution is 2.17. The molecule has 20 heavy (non-hydrogen) atoms. The second-order valence-corrected chi connectivity index (χ2v) is 8.16. The lowest BCUT2D eigenvalue weighted by Crippen LogP contribution is -2.49. The van der Waals surface area contributed by atoms with Crippen LogP contribution in [0.3, 0.4) is 0 Å². The van der Waals surface area contributed by atoms with Gasteiger partial charge in [-0.15, -0.1) is 11.3 Å². The van der Waals surface area contributed by atoms with E-state index in [9.17, 15) is 8.42 Å². The Morgan fingerprint density at radius 3 is 2.60 bits per heavy atom. The summed E-state index contributed by atoms with van der Waals surface area (Å²) in [5.41, 5.74) is 0. The summed E-state index contributed by atoms with van der Waals surface area (Å²) in [4.78, 5) is 3.67. The number of thiophene rings is 1. The molecule has 0 bridgehead atoms. The highest BCUT2D eigenvalue weighted by molar-refractivity contribution is 7.88. The van der Waals surface area contributed by atoms with Crippen LogP contribution < -0.4 is 5.32 Å². The SMILES string of the molecule is CC(NCCN1CCN(S(C)(=O)=O)CC1)c1cccs1. The van der Waals surface area contributed by atoms with E-state index in [-0.39, 0.29) is 0 Å². The van der Waals surface area contributed by atoms with Gasteiger partial charge in [0.15, 0.2) is 0 Å². The molecule has 5 nitrogen and oxygen atoms in total. The number of hydrogen-bond donors (Lipinski definition) is 1. The minimum Gasteiger partial charge on any atom is -0.308 e. The van der Waals surface area contributed by atoms with Crippen molar-refractivity contribution in [1.29, 1.82) is 0 Å². The van der Waals surface area contributed by atoms with E-state index in [0.717, 1.165) is 26.2 Å². The zero-order valence-electron chi connectivity index (χ0n) is 12.1. The van der Waals surface area contributed by atoms with Gasteiger partial charge in [-0.1, -0.05) is 6.07 Å². The number of hydrogen-bond acceptors (Lipinski definition) is 5. The Kier molecular flexibility index (Phi) is 5.57. The van der Waals surface area contributed by atoms with Crippen molar-refractivity contribution in [1.82, 2.24) is 14.5 Å². The minimum atomic E-state index is -3.02. The molecule has 1 unspecified atom stereocenters. The van der Waals surface area contributed by atoms with Crippen LogP contribution in [0.2, 0.25) is 0 Å². The number of nitrogens with one attached hydrogen (secondary N) is 1. The first kappa shape index (κ1) is 15.9. The summed E-state index contributed by atoms with van der Waals surface area (Å²) in [7, 11) is -3.02. The fourth-order valence-electron chi connectivity index (χ4n) is 2.36. The van der Waals surface area contributed by atoms with Gasteiger partial charge in [-0.25, -0.2) is 8.42 Å². The molecule has 1 aromatic heterocycles. The van der Waals surface area contributed by atoms with Crippen LogP contribution in [-0.2, 0) is 10.0 Å². The van der Waals surface area contributed by atoms with Gasteiger partial charge in [0, 0.05) is 50.2 Å². The standard InChI is InChI=1S/C13H23N3O2S2/c1-12(13-4-3-11-19-13)14-5-6-15-7-9-16(10-8-15)20(2,17)18/h3-4,11-12,14H,5-10H2,1-2H3. The molecule has 114 valence electrons. The van der Waals surface area contributed by atoms with E-state index in [1.807, 2.05) is 0 Å². The minimum absolute atomic E-state index is 0.382. The Balaban J connectivity index is 1.67. The molecule has 1 aliphatic heterocycles. The lowest BCUT2D eigenvalue weighted by Gasteiger charge is -2.33. The van der Waals surface area contributed by atoms with E-state index >= 15 is 0 Å². The number of nitrogens with zero attached hydrogens (tertiary/aromatic N) is 2. The highest BCUT2D eigenvalue weighted by Gasteiger charge is 2.22. The Labute approximate surface area is 125 Å². The van der Waals surface area contributed by atoms with Crippen molar-refractivity contribution in [2.75, 3.05) is 45.5 Å². The second kappa shape index (κ2) is 7.00. The second-order valence-electron chi connectivity index (χ2n) is 5.19. The monoisotopic (exact) mass is 317 g/mol. The van der Waals surface area contributed by atoms with Crippen LogP contribution in [0.15, 0.2) is 17.5 Å². The van der Waals surface area contributed by atoms with Crippen molar-refractivity contribution in [2.45, 2.75) is 13.0 Å². The average molecular weight is 317 g/mol. The first-order valence-electron chi connectivity index (χ1n) is 6.91. The maximum Gasteiger partial charge on any atom is 0.211 e. The topological polar surface area (TPSA) is 52.6 Å². The van der Waals surface area contributed by atoms with E-state index in [0.29, 0.717) is 19.1 Å². The maximum absolute atomic E-state index is 11.4. The fourth-order valence-corrected chi connectivity index (χ4v) is 3.95. The first-order valence-corrected chi connectivity index (χ1v) is 9.64. The van der Waals surface area contributed by atoms with E-state index in [2.05, 4.69) is 34.7 Å². The van der Waals surface area contributed by atoms with Crippen molar-refractivity contribution in [3.05, 3.63) is 22.4 Å². The molecular formula is C13H23N3O2S2. The Hall–Kier alpha value is -0.470. The van der Waals surface area contributed by atoms with Crippen LogP contribution in [0.4, 0.5) is 0 Å². The van der Waals surface area contributed by atoms with Crippen LogP contribution >= 0.6 is 11.3 Å².